The maximum Gasteiger partial charge on any atom is 0.263 e. The van der Waals surface area contributed by atoms with Gasteiger partial charge in [0.05, 0.1) is 11.5 Å². The number of benzene rings is 2. The van der Waals surface area contributed by atoms with Crippen LogP contribution in [0.25, 0.3) is 0 Å². The molecule has 0 saturated carbocycles. The Morgan fingerprint density at radius 3 is 2.40 bits per heavy atom. The van der Waals surface area contributed by atoms with E-state index < -0.39 is 19.9 Å². The van der Waals surface area contributed by atoms with Crippen LogP contribution in [0.5, 0.6) is 11.5 Å². The van der Waals surface area contributed by atoms with Crippen molar-refractivity contribution in [2.24, 2.45) is 0 Å². The fourth-order valence-electron chi connectivity index (χ4n) is 2.24. The van der Waals surface area contributed by atoms with Crippen molar-refractivity contribution in [1.29, 1.82) is 0 Å². The summed E-state index contributed by atoms with van der Waals surface area (Å²) in [7, 11) is -7.87. The molecule has 0 bridgehead atoms. The number of sulfone groups is 1. The molecule has 25 heavy (non-hydrogen) atoms. The van der Waals surface area contributed by atoms with Crippen LogP contribution >= 0.6 is 0 Å². The molecular weight excluding hydrogens is 370 g/mol. The van der Waals surface area contributed by atoms with Crippen molar-refractivity contribution >= 4 is 19.9 Å². The van der Waals surface area contributed by atoms with Gasteiger partial charge in [-0.2, -0.15) is 0 Å². The first-order valence-electron chi connectivity index (χ1n) is 7.08. The molecule has 10 heteroatoms. The van der Waals surface area contributed by atoms with Crippen LogP contribution in [-0.2, 0) is 31.3 Å². The van der Waals surface area contributed by atoms with Gasteiger partial charge in [0.2, 0.25) is 6.79 Å². The lowest BCUT2D eigenvalue weighted by atomic mass is 10.2. The van der Waals surface area contributed by atoms with Gasteiger partial charge in [-0.25, -0.2) is 16.8 Å². The quantitative estimate of drug-likeness (QED) is 0.745. The maximum atomic E-state index is 12.3. The van der Waals surface area contributed by atoms with Crippen LogP contribution in [0, 0.1) is 0 Å². The van der Waals surface area contributed by atoms with Gasteiger partial charge in [-0.15, -0.1) is 0 Å². The van der Waals surface area contributed by atoms with Crippen LogP contribution in [0.15, 0.2) is 52.3 Å². The van der Waals surface area contributed by atoms with Gasteiger partial charge in [-0.05, 0) is 29.8 Å². The third kappa shape index (κ3) is 3.93. The van der Waals surface area contributed by atoms with Crippen LogP contribution < -0.4 is 14.4 Å². The number of fused-ring (bicyclic) bond motifs is 1. The zero-order valence-corrected chi connectivity index (χ0v) is 14.8. The second-order valence-corrected chi connectivity index (χ2v) is 8.88. The molecule has 1 aliphatic heterocycles. The monoisotopic (exact) mass is 385 g/mol. The summed E-state index contributed by atoms with van der Waals surface area (Å²) >= 11 is 0. The molecule has 8 nitrogen and oxygen atoms in total. The van der Waals surface area contributed by atoms with Crippen LogP contribution in [0.1, 0.15) is 5.56 Å². The van der Waals surface area contributed by atoms with E-state index in [9.17, 15) is 16.8 Å². The fourth-order valence-corrected chi connectivity index (χ4v) is 4.68. The van der Waals surface area contributed by atoms with E-state index in [-0.39, 0.29) is 23.2 Å². The summed E-state index contributed by atoms with van der Waals surface area (Å²) in [5.41, 5.74) is 0.656. The molecule has 2 aromatic rings. The first kappa shape index (κ1) is 17.7. The lowest BCUT2D eigenvalue weighted by Crippen LogP contribution is -2.25. The van der Waals surface area contributed by atoms with E-state index in [0.717, 1.165) is 6.26 Å². The van der Waals surface area contributed by atoms with Crippen LogP contribution in [-0.4, -0.2) is 29.9 Å². The molecular formula is C15H15NO7S2. The number of nitrogens with one attached hydrogen (secondary N) is 1. The van der Waals surface area contributed by atoms with E-state index in [4.69, 9.17) is 14.3 Å². The second kappa shape index (κ2) is 6.64. The maximum absolute atomic E-state index is 12.3. The van der Waals surface area contributed by atoms with Gasteiger partial charge < -0.3 is 9.47 Å². The molecule has 0 unspecified atom stereocenters. The lowest BCUT2D eigenvalue weighted by Gasteiger charge is -2.10. The van der Waals surface area contributed by atoms with Gasteiger partial charge in [0.15, 0.2) is 21.3 Å². The molecule has 1 heterocycles. The first-order chi connectivity index (χ1) is 11.8. The van der Waals surface area contributed by atoms with Gasteiger partial charge in [0, 0.05) is 6.26 Å². The fraction of sp³-hybridized carbons (Fsp3) is 0.200. The SMILES string of the molecule is CS(=O)(=O)c1ccccc1S(=O)(=O)NOCc1ccc2c(c1)OCO2. The standard InChI is InChI=1S/C15H15NO7S2/c1-24(17,18)14-4-2-3-5-15(14)25(19,20)16-23-9-11-6-7-12-13(8-11)22-10-21-12/h2-8,16H,9-10H2,1H3. The van der Waals surface area contributed by atoms with E-state index in [1.54, 1.807) is 18.2 Å². The zero-order valence-electron chi connectivity index (χ0n) is 13.1. The Kier molecular flexibility index (Phi) is 4.69. The van der Waals surface area contributed by atoms with E-state index in [1.807, 2.05) is 4.89 Å². The normalized spacial score (nSPS) is 13.8. The molecule has 0 spiro atoms. The molecule has 0 aliphatic carbocycles. The number of ether oxygens (including phenoxy) is 2. The van der Waals surface area contributed by atoms with E-state index >= 15 is 0 Å². The molecule has 2 aromatic carbocycles. The molecule has 0 amide bonds. The van der Waals surface area contributed by atoms with Crippen LogP contribution in [0.4, 0.5) is 0 Å². The lowest BCUT2D eigenvalue weighted by molar-refractivity contribution is 0.0793. The smallest absolute Gasteiger partial charge is 0.263 e. The zero-order chi connectivity index (χ0) is 18.1. The van der Waals surface area contributed by atoms with Crippen molar-refractivity contribution in [2.45, 2.75) is 16.4 Å². The largest absolute Gasteiger partial charge is 0.454 e. The Morgan fingerprint density at radius 1 is 1.00 bits per heavy atom. The Hall–Kier alpha value is -2.14. The van der Waals surface area contributed by atoms with Gasteiger partial charge in [-0.1, -0.05) is 23.1 Å². The minimum absolute atomic E-state index is 0.0725. The Morgan fingerprint density at radius 2 is 1.68 bits per heavy atom. The third-order valence-corrected chi connectivity index (χ3v) is 5.94. The Bertz CT molecular complexity index is 1000. The number of hydrogen-bond donors (Lipinski definition) is 1. The summed E-state index contributed by atoms with van der Waals surface area (Å²) in [6.07, 6.45) is 0.939. The third-order valence-electron chi connectivity index (χ3n) is 3.38. The average molecular weight is 385 g/mol. The highest BCUT2D eigenvalue weighted by Crippen LogP contribution is 2.32. The molecule has 0 saturated heterocycles. The molecule has 0 radical (unpaired) electrons. The average Bonchev–Trinajstić information content (AvgIpc) is 3.01. The number of hydrogen-bond acceptors (Lipinski definition) is 7. The molecule has 0 aromatic heterocycles. The summed E-state index contributed by atoms with van der Waals surface area (Å²) < 4.78 is 58.6. The van der Waals surface area contributed by atoms with Crippen molar-refractivity contribution in [3.63, 3.8) is 0 Å². The van der Waals surface area contributed by atoms with Gasteiger partial charge in [0.25, 0.3) is 10.0 Å². The molecule has 0 fully saturated rings. The van der Waals surface area contributed by atoms with Crippen LogP contribution in [0.3, 0.4) is 0 Å². The highest BCUT2D eigenvalue weighted by atomic mass is 32.2. The highest BCUT2D eigenvalue weighted by molar-refractivity contribution is 7.93. The van der Waals surface area contributed by atoms with Gasteiger partial charge >= 0.3 is 0 Å². The van der Waals surface area contributed by atoms with E-state index in [1.165, 1.54) is 24.3 Å². The second-order valence-electron chi connectivity index (χ2n) is 5.28. The van der Waals surface area contributed by atoms with E-state index in [2.05, 4.69) is 0 Å². The minimum atomic E-state index is -4.16. The van der Waals surface area contributed by atoms with Crippen molar-refractivity contribution in [3.8, 4) is 11.5 Å². The molecule has 134 valence electrons. The molecule has 1 aliphatic rings. The van der Waals surface area contributed by atoms with Crippen molar-refractivity contribution < 1.29 is 31.1 Å². The molecule has 1 N–H and O–H groups in total. The summed E-state index contributed by atoms with van der Waals surface area (Å²) in [5, 5.41) is 0. The predicted octanol–water partition coefficient (Wildman–Crippen LogP) is 1.23. The summed E-state index contributed by atoms with van der Waals surface area (Å²) in [6.45, 7) is 0.0610. The highest BCUT2D eigenvalue weighted by Gasteiger charge is 2.23. The number of rotatable bonds is 6. The summed E-state index contributed by atoms with van der Waals surface area (Å²) in [5.74, 6) is 1.15. The minimum Gasteiger partial charge on any atom is -0.454 e. The summed E-state index contributed by atoms with van der Waals surface area (Å²) in [6, 6.07) is 10.4. The Labute approximate surface area is 145 Å². The van der Waals surface area contributed by atoms with Gasteiger partial charge in [-0.3, -0.25) is 4.84 Å². The molecule has 0 atom stereocenters. The summed E-state index contributed by atoms with van der Waals surface area (Å²) in [4.78, 5) is 6.31. The van der Waals surface area contributed by atoms with Crippen molar-refractivity contribution in [1.82, 2.24) is 4.89 Å². The number of sulfonamides is 1. The Balaban J connectivity index is 1.73. The van der Waals surface area contributed by atoms with Crippen molar-refractivity contribution in [3.05, 3.63) is 48.0 Å². The van der Waals surface area contributed by atoms with Crippen LogP contribution in [0.2, 0.25) is 0 Å². The van der Waals surface area contributed by atoms with Gasteiger partial charge in [0.1, 0.15) is 4.90 Å². The first-order valence-corrected chi connectivity index (χ1v) is 10.5. The topological polar surface area (TPSA) is 108 Å². The predicted molar refractivity (Wildman–Crippen MR) is 87.2 cm³/mol. The van der Waals surface area contributed by atoms with Crippen molar-refractivity contribution in [2.75, 3.05) is 13.0 Å². The molecule has 3 rings (SSSR count). The van der Waals surface area contributed by atoms with E-state index in [0.29, 0.717) is 17.1 Å².